The van der Waals surface area contributed by atoms with Gasteiger partial charge in [-0.15, -0.1) is 0 Å². The topological polar surface area (TPSA) is 88.6 Å². The number of fused-ring (bicyclic) bond motifs is 1. The van der Waals surface area contributed by atoms with Crippen molar-refractivity contribution in [1.82, 2.24) is 15.2 Å². The Morgan fingerprint density at radius 1 is 0.927 bits per heavy atom. The second kappa shape index (κ2) is 11.4. The van der Waals surface area contributed by atoms with Gasteiger partial charge in [0, 0.05) is 43.5 Å². The van der Waals surface area contributed by atoms with Crippen LogP contribution in [0.2, 0.25) is 0 Å². The van der Waals surface area contributed by atoms with Crippen LogP contribution in [0.5, 0.6) is 0 Å². The highest BCUT2D eigenvalue weighted by Crippen LogP contribution is 2.47. The van der Waals surface area contributed by atoms with E-state index in [1.165, 1.54) is 12.7 Å². The number of nitrogens with zero attached hydrogens (tertiary/aromatic N) is 2. The maximum Gasteiger partial charge on any atom is 0.337 e. The van der Waals surface area contributed by atoms with Gasteiger partial charge in [-0.25, -0.2) is 4.79 Å². The van der Waals surface area contributed by atoms with E-state index < -0.39 is 0 Å². The normalized spacial score (nSPS) is 17.3. The molecule has 0 spiro atoms. The Balaban J connectivity index is 1.28. The third-order valence-electron chi connectivity index (χ3n) is 8.13. The van der Waals surface area contributed by atoms with E-state index in [2.05, 4.69) is 28.5 Å². The van der Waals surface area contributed by atoms with Crippen molar-refractivity contribution in [2.24, 2.45) is 5.92 Å². The fourth-order valence-corrected chi connectivity index (χ4v) is 5.83. The second-order valence-electron chi connectivity index (χ2n) is 10.6. The lowest BCUT2D eigenvalue weighted by molar-refractivity contribution is -0.122. The Bertz CT molecular complexity index is 1600. The number of hydrogen-bond donors (Lipinski definition) is 1. The van der Waals surface area contributed by atoms with Crippen molar-refractivity contribution in [2.45, 2.75) is 31.8 Å². The van der Waals surface area contributed by atoms with Crippen molar-refractivity contribution in [3.8, 4) is 11.1 Å². The van der Waals surface area contributed by atoms with E-state index in [1.54, 1.807) is 30.6 Å². The van der Waals surface area contributed by atoms with Gasteiger partial charge in [0.1, 0.15) is 0 Å². The molecule has 1 aliphatic heterocycles. The molecule has 7 heteroatoms. The summed E-state index contributed by atoms with van der Waals surface area (Å²) in [6.45, 7) is 1.38. The molecule has 2 atom stereocenters. The lowest BCUT2D eigenvalue weighted by Crippen LogP contribution is -2.37. The first-order valence-electron chi connectivity index (χ1n) is 13.9. The van der Waals surface area contributed by atoms with Crippen LogP contribution in [0.25, 0.3) is 11.1 Å². The van der Waals surface area contributed by atoms with Crippen LogP contribution in [0.4, 0.5) is 0 Å². The monoisotopic (exact) mass is 545 g/mol. The molecular weight excluding hydrogens is 514 g/mol. The number of hydrogen-bond acceptors (Lipinski definition) is 5. The number of carbonyl (C=O) groups is 3. The molecule has 0 bridgehead atoms. The number of amides is 2. The molecule has 41 heavy (non-hydrogen) atoms. The van der Waals surface area contributed by atoms with E-state index in [0.29, 0.717) is 37.2 Å². The predicted octanol–water partition coefficient (Wildman–Crippen LogP) is 5.15. The summed E-state index contributed by atoms with van der Waals surface area (Å²) < 4.78 is 4.93. The zero-order chi connectivity index (χ0) is 28.3. The quantitative estimate of drug-likeness (QED) is 0.325. The Hall–Kier alpha value is -4.78. The Morgan fingerprint density at radius 2 is 1.73 bits per heavy atom. The highest BCUT2D eigenvalue weighted by atomic mass is 16.5. The molecule has 1 fully saturated rings. The Labute approximate surface area is 239 Å². The van der Waals surface area contributed by atoms with Gasteiger partial charge >= 0.3 is 5.97 Å². The summed E-state index contributed by atoms with van der Waals surface area (Å²) in [6.07, 6.45) is 4.76. The van der Waals surface area contributed by atoms with Crippen molar-refractivity contribution in [3.63, 3.8) is 0 Å². The van der Waals surface area contributed by atoms with Crippen LogP contribution in [0, 0.1) is 5.92 Å². The summed E-state index contributed by atoms with van der Waals surface area (Å²) >= 11 is 0. The van der Waals surface area contributed by atoms with Gasteiger partial charge < -0.3 is 15.0 Å². The molecule has 206 valence electrons. The van der Waals surface area contributed by atoms with Crippen LogP contribution < -0.4 is 5.32 Å². The maximum atomic E-state index is 13.3. The third kappa shape index (κ3) is 5.48. The first kappa shape index (κ1) is 26.4. The summed E-state index contributed by atoms with van der Waals surface area (Å²) in [4.78, 5) is 44.5. The highest BCUT2D eigenvalue weighted by Gasteiger charge is 2.43. The van der Waals surface area contributed by atoms with Gasteiger partial charge in [-0.3, -0.25) is 14.6 Å². The zero-order valence-corrected chi connectivity index (χ0v) is 22.9. The molecule has 1 saturated carbocycles. The number of nitrogens with one attached hydrogen (secondary N) is 1. The number of carbonyl (C=O) groups excluding carboxylic acids is 3. The van der Waals surface area contributed by atoms with Crippen LogP contribution in [0.1, 0.15) is 55.3 Å². The van der Waals surface area contributed by atoms with E-state index in [9.17, 15) is 14.4 Å². The molecule has 4 aromatic rings. The Morgan fingerprint density at radius 3 is 2.51 bits per heavy atom. The van der Waals surface area contributed by atoms with E-state index in [4.69, 9.17) is 4.74 Å². The average Bonchev–Trinajstić information content (AvgIpc) is 3.85. The van der Waals surface area contributed by atoms with Gasteiger partial charge in [-0.2, -0.15) is 0 Å². The van der Waals surface area contributed by atoms with Gasteiger partial charge in [-0.1, -0.05) is 54.6 Å². The number of ether oxygens (including phenoxy) is 1. The van der Waals surface area contributed by atoms with Crippen molar-refractivity contribution >= 4 is 17.8 Å². The standard InChI is InChI=1S/C34H31N3O4/c1-41-34(40)25-9-5-8-24(18-25)27-11-10-26(20-36-32(38)30-19-29(30)22-6-3-2-4-7-22)31-21-37(17-14-28(27)31)33(39)23-12-15-35-16-13-23/h2-13,15-16,18,29-30H,14,17,19-21H2,1H3,(H,36,38). The molecular formula is C34H31N3O4. The number of pyridine rings is 1. The third-order valence-corrected chi connectivity index (χ3v) is 8.13. The molecule has 6 rings (SSSR count). The minimum Gasteiger partial charge on any atom is -0.465 e. The molecule has 0 radical (unpaired) electrons. The largest absolute Gasteiger partial charge is 0.465 e. The molecule has 3 aromatic carbocycles. The van der Waals surface area contributed by atoms with Gasteiger partial charge in [0.25, 0.3) is 5.91 Å². The number of rotatable bonds is 7. The van der Waals surface area contributed by atoms with Crippen molar-refractivity contribution < 1.29 is 19.1 Å². The van der Waals surface area contributed by atoms with Crippen molar-refractivity contribution in [2.75, 3.05) is 13.7 Å². The van der Waals surface area contributed by atoms with Gasteiger partial charge in [0.2, 0.25) is 5.91 Å². The van der Waals surface area contributed by atoms with Crippen LogP contribution in [0.15, 0.2) is 91.3 Å². The molecule has 0 saturated heterocycles. The second-order valence-corrected chi connectivity index (χ2v) is 10.6. The minimum absolute atomic E-state index is 0.0154. The summed E-state index contributed by atoms with van der Waals surface area (Å²) in [5.41, 5.74) is 7.37. The molecule has 1 N–H and O–H groups in total. The summed E-state index contributed by atoms with van der Waals surface area (Å²) in [7, 11) is 1.37. The fourth-order valence-electron chi connectivity index (χ4n) is 5.83. The predicted molar refractivity (Wildman–Crippen MR) is 155 cm³/mol. The molecule has 1 aromatic heterocycles. The lowest BCUT2D eigenvalue weighted by atomic mass is 9.87. The average molecular weight is 546 g/mol. The van der Waals surface area contributed by atoms with Crippen LogP contribution >= 0.6 is 0 Å². The Kier molecular flexibility index (Phi) is 7.33. The van der Waals surface area contributed by atoms with Crippen molar-refractivity contribution in [1.29, 1.82) is 0 Å². The minimum atomic E-state index is -0.386. The smallest absolute Gasteiger partial charge is 0.337 e. The van der Waals surface area contributed by atoms with Crippen LogP contribution in [-0.2, 0) is 29.0 Å². The van der Waals surface area contributed by atoms with Gasteiger partial charge in [-0.05, 0) is 76.4 Å². The first-order chi connectivity index (χ1) is 20.0. The molecule has 7 nitrogen and oxygen atoms in total. The first-order valence-corrected chi connectivity index (χ1v) is 13.9. The van der Waals surface area contributed by atoms with Gasteiger partial charge in [0.15, 0.2) is 0 Å². The molecule has 2 unspecified atom stereocenters. The molecule has 2 amide bonds. The summed E-state index contributed by atoms with van der Waals surface area (Å²) in [5.74, 6) is -0.123. The fraction of sp³-hybridized carbons (Fsp3) is 0.235. The lowest BCUT2D eigenvalue weighted by Gasteiger charge is -2.32. The molecule has 1 aliphatic carbocycles. The summed E-state index contributed by atoms with van der Waals surface area (Å²) in [6, 6.07) is 25.1. The maximum absolute atomic E-state index is 13.3. The van der Waals surface area contributed by atoms with Crippen LogP contribution in [-0.4, -0.2) is 41.3 Å². The van der Waals surface area contributed by atoms with Crippen LogP contribution in [0.3, 0.4) is 0 Å². The molecule has 2 aliphatic rings. The van der Waals surface area contributed by atoms with E-state index in [1.807, 2.05) is 47.4 Å². The van der Waals surface area contributed by atoms with Gasteiger partial charge in [0.05, 0.1) is 12.7 Å². The van der Waals surface area contributed by atoms with E-state index in [0.717, 1.165) is 34.2 Å². The molecule has 2 heterocycles. The number of benzene rings is 3. The zero-order valence-electron chi connectivity index (χ0n) is 22.9. The van der Waals surface area contributed by atoms with E-state index >= 15 is 0 Å². The number of esters is 1. The summed E-state index contributed by atoms with van der Waals surface area (Å²) in [5, 5.41) is 3.17. The number of methoxy groups -OCH3 is 1. The SMILES string of the molecule is COC(=O)c1cccc(-c2ccc(CNC(=O)C3CC3c3ccccc3)c3c2CCN(C(=O)c2ccncc2)C3)c1. The van der Waals surface area contributed by atoms with E-state index in [-0.39, 0.29) is 29.6 Å². The van der Waals surface area contributed by atoms with Crippen molar-refractivity contribution in [3.05, 3.63) is 125 Å². The highest BCUT2D eigenvalue weighted by molar-refractivity contribution is 5.94. The number of aromatic nitrogens is 1.